The first-order chi connectivity index (χ1) is 7.69. The Morgan fingerprint density at radius 2 is 1.71 bits per heavy atom. The average Bonchev–Trinajstić information content (AvgIpc) is 2.21. The van der Waals surface area contributed by atoms with Gasteiger partial charge in [0.05, 0.1) is 18.8 Å². The van der Waals surface area contributed by atoms with Gasteiger partial charge in [0.2, 0.25) is 0 Å². The van der Waals surface area contributed by atoms with Gasteiger partial charge in [-0.05, 0) is 47.5 Å². The highest BCUT2D eigenvalue weighted by Crippen LogP contribution is 2.37. The van der Waals surface area contributed by atoms with Crippen molar-refractivity contribution in [2.24, 2.45) is 0 Å². The van der Waals surface area contributed by atoms with Crippen molar-refractivity contribution in [2.45, 2.75) is 70.7 Å². The molecular formula is C13H27NO3. The second-order valence-corrected chi connectivity index (χ2v) is 6.35. The van der Waals surface area contributed by atoms with Crippen LogP contribution in [0, 0.1) is 0 Å². The van der Waals surface area contributed by atoms with Crippen LogP contribution < -0.4 is 0 Å². The molecule has 1 aliphatic rings. The molecule has 0 aromatic rings. The molecule has 1 heterocycles. The molecule has 0 aromatic heterocycles. The zero-order valence-electron chi connectivity index (χ0n) is 12.0. The molecule has 0 aliphatic carbocycles. The highest BCUT2D eigenvalue weighted by molar-refractivity contribution is 4.96. The van der Waals surface area contributed by atoms with E-state index in [2.05, 4.69) is 0 Å². The van der Waals surface area contributed by atoms with Crippen molar-refractivity contribution in [2.75, 3.05) is 13.7 Å². The first kappa shape index (κ1) is 14.9. The summed E-state index contributed by atoms with van der Waals surface area (Å²) in [7, 11) is 1.69. The molecule has 1 rings (SSSR count). The largest absolute Gasteiger partial charge is 0.379 e. The normalized spacial score (nSPS) is 27.0. The van der Waals surface area contributed by atoms with Gasteiger partial charge < -0.3 is 14.7 Å². The molecule has 0 aromatic carbocycles. The lowest BCUT2D eigenvalue weighted by molar-refractivity contribution is -0.262. The topological polar surface area (TPSA) is 41.9 Å². The van der Waals surface area contributed by atoms with E-state index in [0.717, 1.165) is 12.8 Å². The SMILES string of the molecule is COC(C)COC1CC(C)(C)N(O)C(C)(C)C1. The third-order valence-electron chi connectivity index (χ3n) is 3.57. The molecule has 0 saturated carbocycles. The summed E-state index contributed by atoms with van der Waals surface area (Å²) in [6, 6.07) is 0. The van der Waals surface area contributed by atoms with Gasteiger partial charge in [0.15, 0.2) is 0 Å². The first-order valence-electron chi connectivity index (χ1n) is 6.32. The third-order valence-corrected chi connectivity index (χ3v) is 3.57. The van der Waals surface area contributed by atoms with Gasteiger partial charge in [-0.2, -0.15) is 5.06 Å². The van der Waals surface area contributed by atoms with Crippen molar-refractivity contribution < 1.29 is 14.7 Å². The molecule has 1 fully saturated rings. The zero-order valence-corrected chi connectivity index (χ0v) is 12.0. The van der Waals surface area contributed by atoms with E-state index in [1.54, 1.807) is 7.11 Å². The molecule has 1 aliphatic heterocycles. The Labute approximate surface area is 105 Å². The Balaban J connectivity index is 2.59. The summed E-state index contributed by atoms with van der Waals surface area (Å²) in [5, 5.41) is 11.6. The van der Waals surface area contributed by atoms with Gasteiger partial charge in [0, 0.05) is 18.2 Å². The second-order valence-electron chi connectivity index (χ2n) is 6.35. The number of hydrogen-bond acceptors (Lipinski definition) is 4. The molecule has 1 atom stereocenters. The van der Waals surface area contributed by atoms with E-state index in [9.17, 15) is 5.21 Å². The number of hydroxylamine groups is 2. The van der Waals surface area contributed by atoms with Crippen LogP contribution in [0.3, 0.4) is 0 Å². The Morgan fingerprint density at radius 3 is 2.12 bits per heavy atom. The summed E-state index contributed by atoms with van der Waals surface area (Å²) >= 11 is 0. The summed E-state index contributed by atoms with van der Waals surface area (Å²) < 4.78 is 11.1. The van der Waals surface area contributed by atoms with Crippen molar-refractivity contribution in [3.05, 3.63) is 0 Å². The third kappa shape index (κ3) is 3.65. The molecule has 0 radical (unpaired) electrons. The molecular weight excluding hydrogens is 218 g/mol. The van der Waals surface area contributed by atoms with Crippen molar-refractivity contribution in [1.29, 1.82) is 0 Å². The average molecular weight is 245 g/mol. The molecule has 0 bridgehead atoms. The Morgan fingerprint density at radius 1 is 1.24 bits per heavy atom. The molecule has 1 saturated heterocycles. The van der Waals surface area contributed by atoms with E-state index in [-0.39, 0.29) is 23.3 Å². The Bertz CT molecular complexity index is 235. The van der Waals surface area contributed by atoms with Gasteiger partial charge in [-0.15, -0.1) is 0 Å². The summed E-state index contributed by atoms with van der Waals surface area (Å²) in [6.45, 7) is 10.8. The van der Waals surface area contributed by atoms with E-state index >= 15 is 0 Å². The lowest BCUT2D eigenvalue weighted by atomic mass is 9.80. The van der Waals surface area contributed by atoms with Crippen LogP contribution in [0.1, 0.15) is 47.5 Å². The summed E-state index contributed by atoms with van der Waals surface area (Å²) in [5.74, 6) is 0. The van der Waals surface area contributed by atoms with Crippen LogP contribution in [0.4, 0.5) is 0 Å². The molecule has 102 valence electrons. The molecule has 0 spiro atoms. The van der Waals surface area contributed by atoms with Gasteiger partial charge in [-0.3, -0.25) is 0 Å². The van der Waals surface area contributed by atoms with Gasteiger partial charge in [-0.25, -0.2) is 0 Å². The molecule has 1 N–H and O–H groups in total. The smallest absolute Gasteiger partial charge is 0.0776 e. The van der Waals surface area contributed by atoms with Gasteiger partial charge >= 0.3 is 0 Å². The fraction of sp³-hybridized carbons (Fsp3) is 1.00. The number of rotatable bonds is 4. The summed E-state index contributed by atoms with van der Waals surface area (Å²) in [5.41, 5.74) is -0.495. The Hall–Kier alpha value is -0.160. The maximum atomic E-state index is 10.2. The maximum Gasteiger partial charge on any atom is 0.0776 e. The van der Waals surface area contributed by atoms with Gasteiger partial charge in [0.25, 0.3) is 0 Å². The van der Waals surface area contributed by atoms with Crippen LogP contribution in [-0.2, 0) is 9.47 Å². The van der Waals surface area contributed by atoms with E-state index < -0.39 is 0 Å². The van der Waals surface area contributed by atoms with Crippen molar-refractivity contribution in [1.82, 2.24) is 5.06 Å². The second kappa shape index (κ2) is 5.22. The fourth-order valence-electron chi connectivity index (χ4n) is 2.64. The van der Waals surface area contributed by atoms with Crippen LogP contribution in [0.5, 0.6) is 0 Å². The highest BCUT2D eigenvalue weighted by Gasteiger charge is 2.45. The first-order valence-corrected chi connectivity index (χ1v) is 6.32. The minimum atomic E-state index is -0.247. The van der Waals surface area contributed by atoms with Crippen LogP contribution in [0.2, 0.25) is 0 Å². The van der Waals surface area contributed by atoms with Crippen LogP contribution in [0.15, 0.2) is 0 Å². The molecule has 17 heavy (non-hydrogen) atoms. The lowest BCUT2D eigenvalue weighted by Gasteiger charge is -2.51. The predicted octanol–water partition coefficient (Wildman–Crippen LogP) is 2.45. The molecule has 4 heteroatoms. The number of nitrogens with zero attached hydrogens (tertiary/aromatic N) is 1. The minimum Gasteiger partial charge on any atom is -0.379 e. The van der Waals surface area contributed by atoms with Crippen LogP contribution in [-0.4, -0.2) is 47.3 Å². The van der Waals surface area contributed by atoms with Crippen LogP contribution in [0.25, 0.3) is 0 Å². The van der Waals surface area contributed by atoms with Crippen molar-refractivity contribution in [3.63, 3.8) is 0 Å². The maximum absolute atomic E-state index is 10.2. The Kier molecular flexibility index (Phi) is 4.58. The highest BCUT2D eigenvalue weighted by atomic mass is 16.5. The minimum absolute atomic E-state index is 0.119. The van der Waals surface area contributed by atoms with Crippen molar-refractivity contribution >= 4 is 0 Å². The summed E-state index contributed by atoms with van der Waals surface area (Å²) in [6.07, 6.45) is 1.97. The lowest BCUT2D eigenvalue weighted by Crippen LogP contribution is -2.60. The molecule has 0 amide bonds. The van der Waals surface area contributed by atoms with E-state index in [0.29, 0.717) is 6.61 Å². The van der Waals surface area contributed by atoms with Gasteiger partial charge in [-0.1, -0.05) is 0 Å². The monoisotopic (exact) mass is 245 g/mol. The predicted molar refractivity (Wildman–Crippen MR) is 67.2 cm³/mol. The van der Waals surface area contributed by atoms with E-state index in [4.69, 9.17) is 9.47 Å². The number of methoxy groups -OCH3 is 1. The van der Waals surface area contributed by atoms with E-state index in [1.165, 1.54) is 5.06 Å². The standard InChI is InChI=1S/C13H27NO3/c1-10(16-6)9-17-11-7-12(2,3)14(15)13(4,5)8-11/h10-11,15H,7-9H2,1-6H3. The quantitative estimate of drug-likeness (QED) is 0.826. The molecule has 1 unspecified atom stereocenters. The van der Waals surface area contributed by atoms with Crippen LogP contribution >= 0.6 is 0 Å². The number of hydrogen-bond donors (Lipinski definition) is 1. The number of ether oxygens (including phenoxy) is 2. The fourth-order valence-corrected chi connectivity index (χ4v) is 2.64. The van der Waals surface area contributed by atoms with Gasteiger partial charge in [0.1, 0.15) is 0 Å². The molecule has 4 nitrogen and oxygen atoms in total. The summed E-state index contributed by atoms with van der Waals surface area (Å²) in [4.78, 5) is 0. The van der Waals surface area contributed by atoms with Crippen molar-refractivity contribution in [3.8, 4) is 0 Å². The number of piperidine rings is 1. The zero-order chi connectivity index (χ0) is 13.3. The van der Waals surface area contributed by atoms with E-state index in [1.807, 2.05) is 34.6 Å².